The summed E-state index contributed by atoms with van der Waals surface area (Å²) >= 11 is 5.39. The predicted octanol–water partition coefficient (Wildman–Crippen LogP) is 2.87. The highest BCUT2D eigenvalue weighted by molar-refractivity contribution is 9.09. The molecule has 1 fully saturated rings. The largest absolute Gasteiger partial charge is 0.341 e. The molecular weight excluding hydrogens is 298 g/mol. The number of nitrogens with zero attached hydrogens (tertiary/aromatic N) is 1. The molecule has 0 aliphatic carbocycles. The van der Waals surface area contributed by atoms with E-state index in [-0.39, 0.29) is 5.92 Å². The van der Waals surface area contributed by atoms with Crippen LogP contribution in [0.5, 0.6) is 0 Å². The Morgan fingerprint density at radius 2 is 2.24 bits per heavy atom. The summed E-state index contributed by atoms with van der Waals surface area (Å²) in [7, 11) is 0. The van der Waals surface area contributed by atoms with Crippen LogP contribution in [0.25, 0.3) is 0 Å². The fraction of sp³-hybridized carbons (Fsp3) is 0.462. The Hall–Kier alpha value is -0.480. The molecule has 90 valence electrons. The number of carbonyl (C=O) groups excluding carboxylic acids is 1. The van der Waals surface area contributed by atoms with E-state index in [0.29, 0.717) is 10.7 Å². The topological polar surface area (TPSA) is 20.3 Å². The summed E-state index contributed by atoms with van der Waals surface area (Å²) in [6, 6.07) is 8.29. The number of halogens is 1. The van der Waals surface area contributed by atoms with Crippen molar-refractivity contribution < 1.29 is 4.79 Å². The van der Waals surface area contributed by atoms with Gasteiger partial charge in [0.05, 0.1) is 5.92 Å². The minimum absolute atomic E-state index is 0.0778. The van der Waals surface area contributed by atoms with Crippen molar-refractivity contribution >= 4 is 33.6 Å². The van der Waals surface area contributed by atoms with Crippen LogP contribution in [-0.4, -0.2) is 34.5 Å². The maximum atomic E-state index is 12.4. The number of likely N-dealkylation sites (tertiary alicyclic amines) is 1. The van der Waals surface area contributed by atoms with Crippen molar-refractivity contribution in [1.82, 2.24) is 4.90 Å². The Labute approximate surface area is 114 Å². The van der Waals surface area contributed by atoms with Gasteiger partial charge in [0.25, 0.3) is 0 Å². The maximum Gasteiger partial charge on any atom is 0.231 e. The molecule has 2 unspecified atom stereocenters. The van der Waals surface area contributed by atoms with Gasteiger partial charge in [-0.1, -0.05) is 34.1 Å². The van der Waals surface area contributed by atoms with Gasteiger partial charge in [0, 0.05) is 28.6 Å². The molecule has 0 radical (unpaired) electrons. The van der Waals surface area contributed by atoms with Crippen molar-refractivity contribution in [3.05, 3.63) is 29.8 Å². The van der Waals surface area contributed by atoms with Crippen LogP contribution in [0.15, 0.2) is 29.2 Å². The smallest absolute Gasteiger partial charge is 0.231 e. The zero-order chi connectivity index (χ0) is 11.8. The van der Waals surface area contributed by atoms with Crippen LogP contribution in [-0.2, 0) is 4.79 Å². The average molecular weight is 312 g/mol. The number of benzene rings is 1. The second-order valence-electron chi connectivity index (χ2n) is 4.57. The summed E-state index contributed by atoms with van der Waals surface area (Å²) in [4.78, 5) is 16.2. The number of thioether (sulfide) groups is 1. The molecule has 2 nitrogen and oxygen atoms in total. The van der Waals surface area contributed by atoms with E-state index in [0.717, 1.165) is 25.3 Å². The number of alkyl halides is 1. The number of hydrogen-bond donors (Lipinski definition) is 0. The molecular formula is C13H14BrNOS. The molecule has 0 saturated carbocycles. The van der Waals surface area contributed by atoms with E-state index in [2.05, 4.69) is 28.1 Å². The minimum atomic E-state index is 0.0778. The minimum Gasteiger partial charge on any atom is -0.341 e. The first kappa shape index (κ1) is 11.6. The number of carbonyl (C=O) groups is 1. The lowest BCUT2D eigenvalue weighted by Gasteiger charge is -2.20. The normalized spacial score (nSPS) is 27.2. The molecule has 17 heavy (non-hydrogen) atoms. The third-order valence-electron chi connectivity index (χ3n) is 3.44. The highest BCUT2D eigenvalue weighted by Gasteiger charge is 2.34. The van der Waals surface area contributed by atoms with Crippen LogP contribution in [0.3, 0.4) is 0 Å². The molecule has 1 saturated heterocycles. The van der Waals surface area contributed by atoms with Gasteiger partial charge in [-0.15, -0.1) is 11.8 Å². The lowest BCUT2D eigenvalue weighted by Crippen LogP contribution is -2.33. The van der Waals surface area contributed by atoms with E-state index >= 15 is 0 Å². The molecule has 2 aliphatic rings. The number of fused-ring (bicyclic) bond motifs is 1. The molecule has 0 aromatic heterocycles. The van der Waals surface area contributed by atoms with Crippen molar-refractivity contribution in [2.45, 2.75) is 22.1 Å². The monoisotopic (exact) mass is 311 g/mol. The maximum absolute atomic E-state index is 12.4. The van der Waals surface area contributed by atoms with Gasteiger partial charge in [-0.3, -0.25) is 4.79 Å². The van der Waals surface area contributed by atoms with Crippen molar-refractivity contribution in [1.29, 1.82) is 0 Å². The van der Waals surface area contributed by atoms with Gasteiger partial charge in [0.1, 0.15) is 0 Å². The Kier molecular flexibility index (Phi) is 3.17. The molecule has 1 aromatic carbocycles. The van der Waals surface area contributed by atoms with E-state index in [1.165, 1.54) is 10.5 Å². The quantitative estimate of drug-likeness (QED) is 0.743. The van der Waals surface area contributed by atoms with Gasteiger partial charge < -0.3 is 4.90 Å². The first-order valence-corrected chi connectivity index (χ1v) is 7.80. The molecule has 2 heterocycles. The van der Waals surface area contributed by atoms with E-state index < -0.39 is 0 Å². The predicted molar refractivity (Wildman–Crippen MR) is 73.8 cm³/mol. The molecule has 0 N–H and O–H groups in total. The van der Waals surface area contributed by atoms with E-state index in [1.807, 2.05) is 17.0 Å². The Bertz CT molecular complexity index is 451. The first-order valence-electron chi connectivity index (χ1n) is 5.90. The summed E-state index contributed by atoms with van der Waals surface area (Å²) < 4.78 is 0. The van der Waals surface area contributed by atoms with Crippen molar-refractivity contribution in [2.24, 2.45) is 0 Å². The third-order valence-corrected chi connectivity index (χ3v) is 5.37. The summed E-state index contributed by atoms with van der Waals surface area (Å²) in [6.45, 7) is 1.76. The molecule has 0 spiro atoms. The van der Waals surface area contributed by atoms with E-state index in [9.17, 15) is 4.79 Å². The van der Waals surface area contributed by atoms with Crippen LogP contribution >= 0.6 is 27.7 Å². The van der Waals surface area contributed by atoms with Gasteiger partial charge in [0.15, 0.2) is 0 Å². The van der Waals surface area contributed by atoms with Crippen LogP contribution in [0.1, 0.15) is 17.9 Å². The van der Waals surface area contributed by atoms with Gasteiger partial charge in [-0.05, 0) is 18.1 Å². The zero-order valence-corrected chi connectivity index (χ0v) is 11.8. The Morgan fingerprint density at radius 3 is 3.00 bits per heavy atom. The average Bonchev–Trinajstić information content (AvgIpc) is 2.94. The third kappa shape index (κ3) is 2.13. The number of rotatable bonds is 1. The summed E-state index contributed by atoms with van der Waals surface area (Å²) in [5.41, 5.74) is 1.22. The van der Waals surface area contributed by atoms with Crippen molar-refractivity contribution in [3.63, 3.8) is 0 Å². The first-order chi connectivity index (χ1) is 8.25. The van der Waals surface area contributed by atoms with E-state index in [4.69, 9.17) is 0 Å². The van der Waals surface area contributed by atoms with Crippen LogP contribution in [0, 0.1) is 0 Å². The Balaban J connectivity index is 1.80. The number of hydrogen-bond acceptors (Lipinski definition) is 2. The molecule has 0 bridgehead atoms. The van der Waals surface area contributed by atoms with Crippen LogP contribution in [0.2, 0.25) is 0 Å². The number of amides is 1. The van der Waals surface area contributed by atoms with Crippen LogP contribution < -0.4 is 0 Å². The fourth-order valence-corrected chi connectivity index (χ4v) is 4.28. The van der Waals surface area contributed by atoms with Crippen molar-refractivity contribution in [3.8, 4) is 0 Å². The summed E-state index contributed by atoms with van der Waals surface area (Å²) in [5.74, 6) is 1.29. The molecule has 2 atom stereocenters. The highest BCUT2D eigenvalue weighted by Crippen LogP contribution is 2.40. The van der Waals surface area contributed by atoms with Crippen molar-refractivity contribution in [2.75, 3.05) is 18.8 Å². The van der Waals surface area contributed by atoms with Crippen LogP contribution in [0.4, 0.5) is 0 Å². The second kappa shape index (κ2) is 4.65. The summed E-state index contributed by atoms with van der Waals surface area (Å²) in [6.07, 6.45) is 1.08. The fourth-order valence-electron chi connectivity index (χ4n) is 2.51. The molecule has 1 amide bonds. The highest BCUT2D eigenvalue weighted by atomic mass is 79.9. The lowest BCUT2D eigenvalue weighted by atomic mass is 10.00. The molecule has 3 rings (SSSR count). The van der Waals surface area contributed by atoms with E-state index in [1.54, 1.807) is 11.8 Å². The standard InChI is InChI=1S/C13H14BrNOS/c14-9-5-6-15(7-9)13(16)11-8-17-12-4-2-1-3-10(11)12/h1-4,9,11H,5-8H2. The SMILES string of the molecule is O=C(C1CSc2ccccc21)N1CCC(Br)C1. The Morgan fingerprint density at radius 1 is 1.41 bits per heavy atom. The van der Waals surface area contributed by atoms with Gasteiger partial charge in [-0.25, -0.2) is 0 Å². The molecule has 1 aromatic rings. The molecule has 2 aliphatic heterocycles. The molecule has 4 heteroatoms. The second-order valence-corrected chi connectivity index (χ2v) is 6.93. The van der Waals surface area contributed by atoms with Gasteiger partial charge in [-0.2, -0.15) is 0 Å². The van der Waals surface area contributed by atoms with Gasteiger partial charge in [0.2, 0.25) is 5.91 Å². The zero-order valence-electron chi connectivity index (χ0n) is 9.43. The summed E-state index contributed by atoms with van der Waals surface area (Å²) in [5, 5.41) is 0. The van der Waals surface area contributed by atoms with Gasteiger partial charge >= 0.3 is 0 Å². The lowest BCUT2D eigenvalue weighted by molar-refractivity contribution is -0.131.